The lowest BCUT2D eigenvalue weighted by Gasteiger charge is -2.15. The lowest BCUT2D eigenvalue weighted by Crippen LogP contribution is -2.43. The van der Waals surface area contributed by atoms with Crippen molar-refractivity contribution in [2.75, 3.05) is 34.3 Å². The van der Waals surface area contributed by atoms with Gasteiger partial charge in [-0.05, 0) is 36.1 Å². The van der Waals surface area contributed by atoms with Crippen molar-refractivity contribution in [1.29, 1.82) is 0 Å². The summed E-state index contributed by atoms with van der Waals surface area (Å²) in [6, 6.07) is 16.2. The van der Waals surface area contributed by atoms with Crippen molar-refractivity contribution in [3.05, 3.63) is 65.2 Å². The van der Waals surface area contributed by atoms with Gasteiger partial charge in [0.15, 0.2) is 5.96 Å². The lowest BCUT2D eigenvalue weighted by atomic mass is 10.1. The van der Waals surface area contributed by atoms with Gasteiger partial charge < -0.3 is 20.3 Å². The van der Waals surface area contributed by atoms with Crippen LogP contribution in [0.25, 0.3) is 0 Å². The van der Waals surface area contributed by atoms with Gasteiger partial charge in [-0.25, -0.2) is 4.99 Å². The summed E-state index contributed by atoms with van der Waals surface area (Å²) in [5, 5.41) is 6.42. The molecule has 0 radical (unpaired) electrons. The number of rotatable bonds is 8. The SMILES string of the molecule is COc1cc(CCNC(=NCc2ccccc2)NCC(=O)N(C)C)ccc1C. The number of nitrogens with one attached hydrogen (secondary N) is 2. The van der Waals surface area contributed by atoms with Crippen LogP contribution in [0, 0.1) is 6.92 Å². The highest BCUT2D eigenvalue weighted by atomic mass is 16.5. The van der Waals surface area contributed by atoms with Gasteiger partial charge in [0, 0.05) is 20.6 Å². The number of hydrogen-bond acceptors (Lipinski definition) is 3. The summed E-state index contributed by atoms with van der Waals surface area (Å²) in [5.74, 6) is 1.51. The number of carbonyl (C=O) groups excluding carboxylic acids is 1. The first kappa shape index (κ1) is 21.3. The summed E-state index contributed by atoms with van der Waals surface area (Å²) >= 11 is 0. The second-order valence-corrected chi connectivity index (χ2v) is 6.77. The molecule has 2 N–H and O–H groups in total. The molecule has 2 aromatic carbocycles. The van der Waals surface area contributed by atoms with E-state index in [1.807, 2.05) is 37.3 Å². The number of likely N-dealkylation sites (N-methyl/N-ethyl adjacent to an activating group) is 1. The van der Waals surface area contributed by atoms with Crippen LogP contribution in [0.4, 0.5) is 0 Å². The predicted octanol–water partition coefficient (Wildman–Crippen LogP) is 2.37. The number of hydrogen-bond donors (Lipinski definition) is 2. The van der Waals surface area contributed by atoms with Gasteiger partial charge in [-0.2, -0.15) is 0 Å². The zero-order valence-electron chi connectivity index (χ0n) is 17.2. The summed E-state index contributed by atoms with van der Waals surface area (Å²) in [6.45, 7) is 3.47. The van der Waals surface area contributed by atoms with E-state index in [0.717, 1.165) is 23.3 Å². The second-order valence-electron chi connectivity index (χ2n) is 6.77. The summed E-state index contributed by atoms with van der Waals surface area (Å²) in [5.41, 5.74) is 3.42. The molecule has 0 aromatic heterocycles. The molecule has 6 nitrogen and oxygen atoms in total. The van der Waals surface area contributed by atoms with Crippen LogP contribution >= 0.6 is 0 Å². The summed E-state index contributed by atoms with van der Waals surface area (Å²) in [7, 11) is 5.16. The molecule has 0 saturated carbocycles. The van der Waals surface area contributed by atoms with Gasteiger partial charge in [0.05, 0.1) is 20.2 Å². The molecule has 28 heavy (non-hydrogen) atoms. The fourth-order valence-electron chi connectivity index (χ4n) is 2.59. The number of aryl methyl sites for hydroxylation is 1. The van der Waals surface area contributed by atoms with E-state index in [-0.39, 0.29) is 12.5 Å². The Morgan fingerprint density at radius 2 is 1.82 bits per heavy atom. The Bertz CT molecular complexity index is 788. The Balaban J connectivity index is 1.96. The minimum atomic E-state index is -0.00233. The van der Waals surface area contributed by atoms with Crippen LogP contribution in [0.15, 0.2) is 53.5 Å². The van der Waals surface area contributed by atoms with Crippen LogP contribution < -0.4 is 15.4 Å². The molecule has 0 atom stereocenters. The normalized spacial score (nSPS) is 11.1. The van der Waals surface area contributed by atoms with E-state index in [1.54, 1.807) is 26.1 Å². The Kier molecular flexibility index (Phi) is 8.34. The molecule has 2 aromatic rings. The quantitative estimate of drug-likeness (QED) is 0.543. The molecule has 0 aliphatic rings. The average molecular weight is 383 g/mol. The number of aliphatic imine (C=N–C) groups is 1. The molecule has 0 heterocycles. The molecule has 150 valence electrons. The number of carbonyl (C=O) groups is 1. The van der Waals surface area contributed by atoms with Crippen LogP contribution in [0.3, 0.4) is 0 Å². The fourth-order valence-corrected chi connectivity index (χ4v) is 2.59. The van der Waals surface area contributed by atoms with Crippen LogP contribution in [0.1, 0.15) is 16.7 Å². The van der Waals surface area contributed by atoms with Crippen molar-refractivity contribution in [2.24, 2.45) is 4.99 Å². The van der Waals surface area contributed by atoms with E-state index in [0.29, 0.717) is 19.0 Å². The van der Waals surface area contributed by atoms with E-state index in [9.17, 15) is 4.79 Å². The first-order valence-electron chi connectivity index (χ1n) is 9.39. The third kappa shape index (κ3) is 6.95. The van der Waals surface area contributed by atoms with E-state index >= 15 is 0 Å². The van der Waals surface area contributed by atoms with Gasteiger partial charge in [-0.3, -0.25) is 4.79 Å². The van der Waals surface area contributed by atoms with Crippen molar-refractivity contribution >= 4 is 11.9 Å². The minimum Gasteiger partial charge on any atom is -0.496 e. The smallest absolute Gasteiger partial charge is 0.241 e. The lowest BCUT2D eigenvalue weighted by molar-refractivity contribution is -0.127. The molecule has 1 amide bonds. The second kappa shape index (κ2) is 11.0. The molecule has 0 aliphatic carbocycles. The van der Waals surface area contributed by atoms with Gasteiger partial charge in [-0.1, -0.05) is 42.5 Å². The maximum atomic E-state index is 11.9. The van der Waals surface area contributed by atoms with Crippen LogP contribution in [0.5, 0.6) is 5.75 Å². The fraction of sp³-hybridized carbons (Fsp3) is 0.364. The van der Waals surface area contributed by atoms with Crippen LogP contribution in [-0.2, 0) is 17.8 Å². The summed E-state index contributed by atoms with van der Waals surface area (Å²) in [4.78, 5) is 18.0. The van der Waals surface area contributed by atoms with E-state index in [4.69, 9.17) is 4.74 Å². The zero-order chi connectivity index (χ0) is 20.4. The number of ether oxygens (including phenoxy) is 1. The van der Waals surface area contributed by atoms with Crippen molar-refractivity contribution < 1.29 is 9.53 Å². The third-order valence-electron chi connectivity index (χ3n) is 4.35. The van der Waals surface area contributed by atoms with Crippen LogP contribution in [0.2, 0.25) is 0 Å². The first-order chi connectivity index (χ1) is 13.5. The van der Waals surface area contributed by atoms with Gasteiger partial charge in [-0.15, -0.1) is 0 Å². The summed E-state index contributed by atoms with van der Waals surface area (Å²) in [6.07, 6.45) is 0.824. The van der Waals surface area contributed by atoms with Crippen molar-refractivity contribution in [2.45, 2.75) is 19.9 Å². The maximum Gasteiger partial charge on any atom is 0.241 e. The molecule has 0 bridgehead atoms. The molecule has 0 spiro atoms. The van der Waals surface area contributed by atoms with E-state index in [1.165, 1.54) is 5.56 Å². The highest BCUT2D eigenvalue weighted by Gasteiger charge is 2.06. The number of benzene rings is 2. The highest BCUT2D eigenvalue weighted by Crippen LogP contribution is 2.18. The summed E-state index contributed by atoms with van der Waals surface area (Å²) < 4.78 is 5.39. The van der Waals surface area contributed by atoms with Crippen molar-refractivity contribution in [3.63, 3.8) is 0 Å². The maximum absolute atomic E-state index is 11.9. The molecular formula is C22H30N4O2. The molecule has 0 unspecified atom stereocenters. The first-order valence-corrected chi connectivity index (χ1v) is 9.39. The molecule has 2 rings (SSSR count). The standard InChI is InChI=1S/C22H30N4O2/c1-17-10-11-18(14-20(17)28-4)12-13-23-22(25-16-21(27)26(2)3)24-15-19-8-6-5-7-9-19/h5-11,14H,12-13,15-16H2,1-4H3,(H2,23,24,25). The largest absolute Gasteiger partial charge is 0.496 e. The minimum absolute atomic E-state index is 0.00233. The van der Waals surface area contributed by atoms with Crippen molar-refractivity contribution in [1.82, 2.24) is 15.5 Å². The molecular weight excluding hydrogens is 352 g/mol. The predicted molar refractivity (Wildman–Crippen MR) is 114 cm³/mol. The van der Waals surface area contributed by atoms with Crippen molar-refractivity contribution in [3.8, 4) is 5.75 Å². The van der Waals surface area contributed by atoms with E-state index in [2.05, 4.69) is 33.8 Å². The van der Waals surface area contributed by atoms with E-state index < -0.39 is 0 Å². The monoisotopic (exact) mass is 382 g/mol. The zero-order valence-corrected chi connectivity index (χ0v) is 17.2. The molecule has 0 aliphatic heterocycles. The number of amides is 1. The Hall–Kier alpha value is -3.02. The van der Waals surface area contributed by atoms with Gasteiger partial charge in [0.2, 0.25) is 5.91 Å². The van der Waals surface area contributed by atoms with Gasteiger partial charge in [0.25, 0.3) is 0 Å². The van der Waals surface area contributed by atoms with Crippen LogP contribution in [-0.4, -0.2) is 51.1 Å². The highest BCUT2D eigenvalue weighted by molar-refractivity contribution is 5.86. The number of nitrogens with zero attached hydrogens (tertiary/aromatic N) is 2. The number of methoxy groups -OCH3 is 1. The van der Waals surface area contributed by atoms with Gasteiger partial charge >= 0.3 is 0 Å². The molecule has 0 fully saturated rings. The third-order valence-corrected chi connectivity index (χ3v) is 4.35. The molecule has 6 heteroatoms. The number of guanidine groups is 1. The Morgan fingerprint density at radius 1 is 1.07 bits per heavy atom. The topological polar surface area (TPSA) is 66.0 Å². The van der Waals surface area contributed by atoms with Gasteiger partial charge in [0.1, 0.15) is 5.75 Å². The Morgan fingerprint density at radius 3 is 2.50 bits per heavy atom. The Labute approximate surface area is 167 Å². The molecule has 0 saturated heterocycles. The average Bonchev–Trinajstić information content (AvgIpc) is 2.71.